The van der Waals surface area contributed by atoms with Gasteiger partial charge in [-0.25, -0.2) is 14.3 Å². The van der Waals surface area contributed by atoms with Crippen LogP contribution in [0, 0.1) is 5.95 Å². The van der Waals surface area contributed by atoms with E-state index in [0.29, 0.717) is 34.4 Å². The second-order valence-corrected chi connectivity index (χ2v) is 10.9. The minimum Gasteiger partial charge on any atom is -0.435 e. The summed E-state index contributed by atoms with van der Waals surface area (Å²) in [4.78, 5) is 16.2. The molecule has 0 radical (unpaired) electrons. The second kappa shape index (κ2) is 9.86. The zero-order valence-corrected chi connectivity index (χ0v) is 20.0. The van der Waals surface area contributed by atoms with Crippen molar-refractivity contribution in [3.63, 3.8) is 0 Å². The van der Waals surface area contributed by atoms with E-state index in [0.717, 1.165) is 0 Å². The van der Waals surface area contributed by atoms with Crippen molar-refractivity contribution in [1.82, 2.24) is 4.98 Å². The largest absolute Gasteiger partial charge is 0.435 e. The van der Waals surface area contributed by atoms with Gasteiger partial charge in [-0.15, -0.1) is 15.7 Å². The second-order valence-electron chi connectivity index (χ2n) is 7.92. The van der Waals surface area contributed by atoms with Gasteiger partial charge in [0.2, 0.25) is 5.95 Å². The van der Waals surface area contributed by atoms with Gasteiger partial charge in [-0.1, -0.05) is 20.8 Å². The number of benzene rings is 1. The average Bonchev–Trinajstić information content (AvgIpc) is 3.04. The first-order chi connectivity index (χ1) is 14.7. The van der Waals surface area contributed by atoms with Gasteiger partial charge in [0.1, 0.15) is 16.4 Å². The number of aryl methyl sites for hydroxylation is 1. The van der Waals surface area contributed by atoms with Gasteiger partial charge in [0, 0.05) is 0 Å². The van der Waals surface area contributed by atoms with Crippen molar-refractivity contribution in [2.45, 2.75) is 69.8 Å². The fourth-order valence-electron chi connectivity index (χ4n) is 3.05. The van der Waals surface area contributed by atoms with E-state index >= 15 is 0 Å². The summed E-state index contributed by atoms with van der Waals surface area (Å²) in [6.07, 6.45) is 0.109. The molecule has 1 unspecified atom stereocenters. The van der Waals surface area contributed by atoms with Crippen LogP contribution in [0.1, 0.15) is 62.2 Å². The lowest BCUT2D eigenvalue weighted by molar-refractivity contribution is -0.117. The van der Waals surface area contributed by atoms with Gasteiger partial charge in [0.05, 0.1) is 6.42 Å². The van der Waals surface area contributed by atoms with Crippen LogP contribution in [0.3, 0.4) is 0 Å². The highest BCUT2D eigenvalue weighted by Crippen LogP contribution is 2.32. The first-order valence-electron chi connectivity index (χ1n) is 9.73. The van der Waals surface area contributed by atoms with E-state index in [4.69, 9.17) is 5.14 Å². The van der Waals surface area contributed by atoms with Gasteiger partial charge in [-0.05, 0) is 55.0 Å². The maximum absolute atomic E-state index is 14.2. The third-order valence-corrected chi connectivity index (χ3v) is 7.77. The normalized spacial score (nSPS) is 14.0. The predicted molar refractivity (Wildman–Crippen MR) is 116 cm³/mol. The van der Waals surface area contributed by atoms with Crippen LogP contribution in [-0.4, -0.2) is 26.8 Å². The van der Waals surface area contributed by atoms with Crippen LogP contribution in [0.15, 0.2) is 20.7 Å². The number of rotatable bonds is 8. The lowest BCUT2D eigenvalue weighted by Crippen LogP contribution is -2.17. The van der Waals surface area contributed by atoms with E-state index in [1.165, 1.54) is 26.0 Å². The molecule has 2 rings (SSSR count). The van der Waals surface area contributed by atoms with Crippen LogP contribution in [-0.2, 0) is 33.2 Å². The zero-order valence-electron chi connectivity index (χ0n) is 18.3. The number of alkyl halides is 2. The number of ether oxygens (including phenoxy) is 1. The molecule has 7 nitrogen and oxygen atoms in total. The molecule has 0 saturated carbocycles. The molecular formula is C20H26F3N3O4S2. The van der Waals surface area contributed by atoms with Gasteiger partial charge >= 0.3 is 6.61 Å². The molecule has 32 heavy (non-hydrogen) atoms. The van der Waals surface area contributed by atoms with Crippen LogP contribution >= 0.6 is 11.3 Å². The fourth-order valence-corrected chi connectivity index (χ4v) is 5.29. The SMILES string of the molecule is CCc1cc(OC(F)F)cc(C(C)C)c1CC(=O)N=S(N)(=O)c1sc(C(C)(C)O)nc1F. The van der Waals surface area contributed by atoms with Crippen molar-refractivity contribution in [2.24, 2.45) is 9.50 Å². The molecule has 0 aliphatic rings. The lowest BCUT2D eigenvalue weighted by Gasteiger charge is -2.18. The number of carbonyl (C=O) groups excluding carboxylic acids is 1. The molecule has 0 aliphatic heterocycles. The molecule has 0 fully saturated rings. The average molecular weight is 494 g/mol. The molecule has 2 aromatic rings. The van der Waals surface area contributed by atoms with Crippen molar-refractivity contribution in [2.75, 3.05) is 0 Å². The Morgan fingerprint density at radius 1 is 1.38 bits per heavy atom. The summed E-state index contributed by atoms with van der Waals surface area (Å²) in [5.74, 6) is -2.20. The number of aromatic nitrogens is 1. The first kappa shape index (κ1) is 26.2. The molecule has 1 atom stereocenters. The predicted octanol–water partition coefficient (Wildman–Crippen LogP) is 4.27. The fraction of sp³-hybridized carbons (Fsp3) is 0.500. The molecule has 3 N–H and O–H groups in total. The molecule has 1 aromatic heterocycles. The van der Waals surface area contributed by atoms with Crippen molar-refractivity contribution in [3.8, 4) is 5.75 Å². The van der Waals surface area contributed by atoms with Crippen molar-refractivity contribution < 1.29 is 32.0 Å². The number of carbonyl (C=O) groups is 1. The molecule has 0 bridgehead atoms. The molecule has 0 spiro atoms. The number of thiazole rings is 1. The van der Waals surface area contributed by atoms with E-state index in [2.05, 4.69) is 14.1 Å². The molecule has 1 heterocycles. The molecule has 178 valence electrons. The monoisotopic (exact) mass is 493 g/mol. The molecule has 0 aliphatic carbocycles. The van der Waals surface area contributed by atoms with Crippen molar-refractivity contribution in [1.29, 1.82) is 0 Å². The Kier molecular flexibility index (Phi) is 8.08. The highest BCUT2D eigenvalue weighted by molar-refractivity contribution is 7.93. The number of amides is 1. The Hall–Kier alpha value is -2.02. The molecule has 0 saturated heterocycles. The summed E-state index contributed by atoms with van der Waals surface area (Å²) in [6, 6.07) is 2.84. The number of aliphatic hydroxyl groups is 1. The Morgan fingerprint density at radius 2 is 2.00 bits per heavy atom. The lowest BCUT2D eigenvalue weighted by atomic mass is 9.90. The van der Waals surface area contributed by atoms with E-state index in [9.17, 15) is 27.3 Å². The Labute approximate surface area is 189 Å². The minimum atomic E-state index is -3.95. The van der Waals surface area contributed by atoms with Crippen molar-refractivity contribution >= 4 is 27.2 Å². The van der Waals surface area contributed by atoms with Gasteiger partial charge in [0.15, 0.2) is 14.1 Å². The van der Waals surface area contributed by atoms with Crippen LogP contribution in [0.2, 0.25) is 0 Å². The highest BCUT2D eigenvalue weighted by Gasteiger charge is 2.28. The first-order valence-corrected chi connectivity index (χ1v) is 12.1. The minimum absolute atomic E-state index is 0.0258. The third-order valence-electron chi connectivity index (χ3n) is 4.49. The quantitative estimate of drug-likeness (QED) is 0.570. The van der Waals surface area contributed by atoms with E-state index < -0.39 is 38.2 Å². The van der Waals surface area contributed by atoms with Gasteiger partial charge < -0.3 is 9.84 Å². The summed E-state index contributed by atoms with van der Waals surface area (Å²) in [5.41, 5.74) is 0.232. The number of nitrogens with zero attached hydrogens (tertiary/aromatic N) is 2. The topological polar surface area (TPSA) is 115 Å². The number of hydrogen-bond acceptors (Lipinski definition) is 6. The smallest absolute Gasteiger partial charge is 0.387 e. The maximum Gasteiger partial charge on any atom is 0.387 e. The standard InChI is InChI=1S/C20H26F3N3O4S2/c1-6-11-7-12(30-19(22)23)8-13(10(2)3)14(11)9-15(27)26-32(24,29)17-16(21)25-18(31-17)20(4,5)28/h7-8,10,19,28H,6,9H2,1-5H3,(H2,24,26,27,29). The summed E-state index contributed by atoms with van der Waals surface area (Å²) in [7, 11) is -3.95. The number of nitrogens with two attached hydrogens (primary N) is 1. The summed E-state index contributed by atoms with van der Waals surface area (Å²) < 4.78 is 59.9. The van der Waals surface area contributed by atoms with Crippen LogP contribution in [0.5, 0.6) is 5.75 Å². The van der Waals surface area contributed by atoms with Crippen molar-refractivity contribution in [3.05, 3.63) is 39.8 Å². The van der Waals surface area contributed by atoms with Gasteiger partial charge in [-0.3, -0.25) is 4.79 Å². The summed E-state index contributed by atoms with van der Waals surface area (Å²) in [6.45, 7) is 5.18. The van der Waals surface area contributed by atoms with Crippen LogP contribution < -0.4 is 9.88 Å². The Balaban J connectivity index is 2.47. The maximum atomic E-state index is 14.2. The van der Waals surface area contributed by atoms with Crippen LogP contribution in [0.4, 0.5) is 13.2 Å². The number of hydrogen-bond donors (Lipinski definition) is 2. The summed E-state index contributed by atoms with van der Waals surface area (Å²) >= 11 is 0.575. The van der Waals surface area contributed by atoms with Crippen LogP contribution in [0.25, 0.3) is 0 Å². The third kappa shape index (κ3) is 6.27. The molecule has 12 heteroatoms. The Morgan fingerprint density at radius 3 is 2.47 bits per heavy atom. The highest BCUT2D eigenvalue weighted by atomic mass is 32.2. The molecule has 1 amide bonds. The van der Waals surface area contributed by atoms with E-state index in [1.807, 2.05) is 13.8 Å². The zero-order chi connectivity index (χ0) is 24.4. The van der Waals surface area contributed by atoms with Gasteiger partial charge in [0.25, 0.3) is 5.91 Å². The van der Waals surface area contributed by atoms with E-state index in [-0.39, 0.29) is 23.1 Å². The number of halogens is 3. The van der Waals surface area contributed by atoms with E-state index in [1.54, 1.807) is 6.92 Å². The molecular weight excluding hydrogens is 467 g/mol. The Bertz CT molecular complexity index is 1120. The summed E-state index contributed by atoms with van der Waals surface area (Å²) in [5, 5.41) is 15.6. The molecule has 1 aromatic carbocycles. The van der Waals surface area contributed by atoms with Gasteiger partial charge in [-0.2, -0.15) is 13.2 Å².